The zero-order chi connectivity index (χ0) is 23.8. The van der Waals surface area contributed by atoms with Gasteiger partial charge in [-0.15, -0.1) is 0 Å². The van der Waals surface area contributed by atoms with Crippen LogP contribution < -0.4 is 4.90 Å². The van der Waals surface area contributed by atoms with Crippen molar-refractivity contribution in [1.82, 2.24) is 19.7 Å². The third-order valence-electron chi connectivity index (χ3n) is 8.20. The molecule has 2 saturated heterocycles. The Morgan fingerprint density at radius 2 is 1.74 bits per heavy atom. The number of anilines is 1. The van der Waals surface area contributed by atoms with Crippen LogP contribution in [0.5, 0.6) is 0 Å². The minimum atomic E-state index is -0.400. The predicted octanol–water partition coefficient (Wildman–Crippen LogP) is 4.79. The van der Waals surface area contributed by atoms with E-state index >= 15 is 0 Å². The fraction of sp³-hybridized carbons (Fsp3) is 0.536. The molecule has 4 heterocycles. The number of nitrogens with zero attached hydrogens (tertiary/aromatic N) is 5. The molecule has 1 aliphatic carbocycles. The van der Waals surface area contributed by atoms with Gasteiger partial charge in [0.15, 0.2) is 11.3 Å². The maximum atomic E-state index is 12.7. The average Bonchev–Trinajstić information content (AvgIpc) is 3.51. The second-order valence-corrected chi connectivity index (χ2v) is 10.4. The molecule has 0 spiro atoms. The summed E-state index contributed by atoms with van der Waals surface area (Å²) in [5.41, 5.74) is 4.31. The molecule has 7 heteroatoms. The summed E-state index contributed by atoms with van der Waals surface area (Å²) >= 11 is 0. The summed E-state index contributed by atoms with van der Waals surface area (Å²) in [7, 11) is 1.42. The topological polar surface area (TPSA) is 63.5 Å². The van der Waals surface area contributed by atoms with E-state index in [1.807, 2.05) is 41.1 Å². The van der Waals surface area contributed by atoms with Crippen LogP contribution in [-0.4, -0.2) is 65.5 Å². The van der Waals surface area contributed by atoms with Crippen LogP contribution in [0.15, 0.2) is 36.4 Å². The standard InChI is InChI=1S/C28H35N5O2/c1-35-28(34)23-18-24(32-16-12-20(13-17-32)19-31-14-5-6-15-31)25-26(21-8-7-9-21)30-33(27(25)29-23)22-10-3-2-4-11-22/h2-4,10-11,18,20-21H,5-9,12-17,19H2,1H3. The van der Waals surface area contributed by atoms with Crippen LogP contribution in [0.1, 0.15) is 67.0 Å². The quantitative estimate of drug-likeness (QED) is 0.480. The van der Waals surface area contributed by atoms with E-state index in [0.29, 0.717) is 11.6 Å². The van der Waals surface area contributed by atoms with Gasteiger partial charge in [-0.3, -0.25) is 0 Å². The molecule has 184 valence electrons. The molecule has 3 aliphatic rings. The summed E-state index contributed by atoms with van der Waals surface area (Å²) in [5.74, 6) is 0.808. The van der Waals surface area contributed by atoms with Crippen LogP contribution in [-0.2, 0) is 4.74 Å². The number of likely N-dealkylation sites (tertiary alicyclic amines) is 1. The van der Waals surface area contributed by atoms with Crippen molar-refractivity contribution in [3.05, 3.63) is 47.8 Å². The molecule has 0 bridgehead atoms. The van der Waals surface area contributed by atoms with Gasteiger partial charge in [-0.2, -0.15) is 5.10 Å². The summed E-state index contributed by atoms with van der Waals surface area (Å²) in [6.45, 7) is 5.75. The van der Waals surface area contributed by atoms with Gasteiger partial charge < -0.3 is 14.5 Å². The van der Waals surface area contributed by atoms with Crippen LogP contribution in [0.25, 0.3) is 16.7 Å². The molecule has 3 fully saturated rings. The van der Waals surface area contributed by atoms with Crippen LogP contribution in [0, 0.1) is 5.92 Å². The van der Waals surface area contributed by atoms with Gasteiger partial charge in [0.25, 0.3) is 0 Å². The first kappa shape index (κ1) is 22.5. The first-order valence-corrected chi connectivity index (χ1v) is 13.3. The van der Waals surface area contributed by atoms with Gasteiger partial charge >= 0.3 is 5.97 Å². The molecule has 0 amide bonds. The molecule has 35 heavy (non-hydrogen) atoms. The van der Waals surface area contributed by atoms with Crippen molar-refractivity contribution in [3.63, 3.8) is 0 Å². The second-order valence-electron chi connectivity index (χ2n) is 10.4. The number of rotatable bonds is 6. The number of pyridine rings is 1. The molecule has 0 N–H and O–H groups in total. The van der Waals surface area contributed by atoms with Crippen molar-refractivity contribution < 1.29 is 9.53 Å². The maximum absolute atomic E-state index is 12.7. The largest absolute Gasteiger partial charge is 0.464 e. The summed E-state index contributed by atoms with van der Waals surface area (Å²) in [4.78, 5) is 22.6. The van der Waals surface area contributed by atoms with Crippen molar-refractivity contribution in [3.8, 4) is 5.69 Å². The molecule has 0 radical (unpaired) electrons. The van der Waals surface area contributed by atoms with Crippen molar-refractivity contribution in [2.45, 2.75) is 50.9 Å². The van der Waals surface area contributed by atoms with Gasteiger partial charge in [0.1, 0.15) is 0 Å². The number of hydrogen-bond acceptors (Lipinski definition) is 6. The SMILES string of the molecule is COC(=O)c1cc(N2CCC(CN3CCCC3)CC2)c2c(C3CCC3)nn(-c3ccccc3)c2n1. The Morgan fingerprint density at radius 1 is 1.00 bits per heavy atom. The Balaban J connectivity index is 1.40. The summed E-state index contributed by atoms with van der Waals surface area (Å²) in [5, 5.41) is 6.23. The van der Waals surface area contributed by atoms with E-state index in [1.165, 1.54) is 58.8 Å². The van der Waals surface area contributed by atoms with Gasteiger partial charge in [0, 0.05) is 25.6 Å². The number of piperidine rings is 1. The lowest BCUT2D eigenvalue weighted by Gasteiger charge is -2.36. The molecule has 0 unspecified atom stereocenters. The second kappa shape index (κ2) is 9.61. The Bertz CT molecular complexity index is 1190. The lowest BCUT2D eigenvalue weighted by Crippen LogP contribution is -2.38. The molecular formula is C28H35N5O2. The average molecular weight is 474 g/mol. The van der Waals surface area contributed by atoms with E-state index in [9.17, 15) is 4.79 Å². The van der Waals surface area contributed by atoms with Gasteiger partial charge in [-0.25, -0.2) is 14.5 Å². The highest BCUT2D eigenvalue weighted by molar-refractivity contribution is 5.99. The lowest BCUT2D eigenvalue weighted by molar-refractivity contribution is 0.0594. The molecular weight excluding hydrogens is 438 g/mol. The van der Waals surface area contributed by atoms with E-state index < -0.39 is 5.97 Å². The first-order valence-electron chi connectivity index (χ1n) is 13.3. The number of carbonyl (C=O) groups excluding carboxylic acids is 1. The zero-order valence-electron chi connectivity index (χ0n) is 20.7. The van der Waals surface area contributed by atoms with Crippen molar-refractivity contribution in [1.29, 1.82) is 0 Å². The number of ether oxygens (including phenoxy) is 1. The Kier molecular flexibility index (Phi) is 6.19. The number of esters is 1. The molecule has 6 rings (SSSR count). The number of benzene rings is 1. The van der Waals surface area contributed by atoms with E-state index in [1.54, 1.807) is 0 Å². The fourth-order valence-corrected chi connectivity index (χ4v) is 5.98. The Hall–Kier alpha value is -2.93. The van der Waals surface area contributed by atoms with Crippen LogP contribution in [0.2, 0.25) is 0 Å². The van der Waals surface area contributed by atoms with Gasteiger partial charge in [0.05, 0.1) is 29.6 Å². The third kappa shape index (κ3) is 4.31. The number of aromatic nitrogens is 3. The molecule has 3 aromatic rings. The summed E-state index contributed by atoms with van der Waals surface area (Å²) < 4.78 is 7.03. The molecule has 1 saturated carbocycles. The highest BCUT2D eigenvalue weighted by Crippen LogP contribution is 2.43. The molecule has 0 atom stereocenters. The van der Waals surface area contributed by atoms with Gasteiger partial charge in [-0.05, 0) is 75.7 Å². The minimum Gasteiger partial charge on any atom is -0.464 e. The number of para-hydroxylation sites is 1. The van der Waals surface area contributed by atoms with Crippen LogP contribution >= 0.6 is 0 Å². The number of methoxy groups -OCH3 is 1. The van der Waals surface area contributed by atoms with E-state index in [0.717, 1.165) is 60.0 Å². The third-order valence-corrected chi connectivity index (χ3v) is 8.20. The zero-order valence-corrected chi connectivity index (χ0v) is 20.7. The highest BCUT2D eigenvalue weighted by atomic mass is 16.5. The van der Waals surface area contributed by atoms with Crippen molar-refractivity contribution in [2.75, 3.05) is 44.7 Å². The number of carbonyl (C=O) groups is 1. The Labute approximate surface area is 207 Å². The molecule has 2 aliphatic heterocycles. The lowest BCUT2D eigenvalue weighted by atomic mass is 9.81. The van der Waals surface area contributed by atoms with E-state index in [-0.39, 0.29) is 0 Å². The normalized spacial score (nSPS) is 19.9. The summed E-state index contributed by atoms with van der Waals surface area (Å²) in [6, 6.07) is 12.1. The number of hydrogen-bond donors (Lipinski definition) is 0. The van der Waals surface area contributed by atoms with Crippen LogP contribution in [0.3, 0.4) is 0 Å². The molecule has 1 aromatic carbocycles. The highest BCUT2D eigenvalue weighted by Gasteiger charge is 2.32. The minimum absolute atomic E-state index is 0.353. The van der Waals surface area contributed by atoms with Crippen LogP contribution in [0.4, 0.5) is 5.69 Å². The smallest absolute Gasteiger partial charge is 0.356 e. The van der Waals surface area contributed by atoms with Crippen molar-refractivity contribution >= 4 is 22.7 Å². The van der Waals surface area contributed by atoms with E-state index in [2.05, 4.69) is 9.80 Å². The molecule has 2 aromatic heterocycles. The number of fused-ring (bicyclic) bond motifs is 1. The predicted molar refractivity (Wildman–Crippen MR) is 137 cm³/mol. The monoisotopic (exact) mass is 473 g/mol. The maximum Gasteiger partial charge on any atom is 0.356 e. The molecule has 7 nitrogen and oxygen atoms in total. The summed E-state index contributed by atoms with van der Waals surface area (Å²) in [6.07, 6.45) is 8.63. The Morgan fingerprint density at radius 3 is 2.40 bits per heavy atom. The van der Waals surface area contributed by atoms with E-state index in [4.69, 9.17) is 14.8 Å². The first-order chi connectivity index (χ1) is 17.2. The van der Waals surface area contributed by atoms with Gasteiger partial charge in [0.2, 0.25) is 0 Å². The fourth-order valence-electron chi connectivity index (χ4n) is 5.98. The van der Waals surface area contributed by atoms with Gasteiger partial charge in [-0.1, -0.05) is 24.6 Å². The van der Waals surface area contributed by atoms with Crippen molar-refractivity contribution in [2.24, 2.45) is 5.92 Å².